The number of carbonyl (C=O) groups excluding carboxylic acids is 1. The summed E-state index contributed by atoms with van der Waals surface area (Å²) in [4.78, 5) is 13.5. The minimum Gasteiger partial charge on any atom is -0.468 e. The maximum atomic E-state index is 12.5. The first kappa shape index (κ1) is 15.8. The molecule has 21 heavy (non-hydrogen) atoms. The first-order chi connectivity index (χ1) is 9.91. The van der Waals surface area contributed by atoms with E-state index in [-0.39, 0.29) is 6.61 Å². The predicted molar refractivity (Wildman–Crippen MR) is 68.5 cm³/mol. The van der Waals surface area contributed by atoms with Crippen molar-refractivity contribution in [1.82, 2.24) is 4.90 Å². The zero-order chi connectivity index (χ0) is 15.5. The zero-order valence-electron chi connectivity index (χ0n) is 11.5. The fraction of sp³-hybridized carbons (Fsp3) is 0.500. The zero-order valence-corrected chi connectivity index (χ0v) is 11.5. The lowest BCUT2D eigenvalue weighted by atomic mass is 10.1. The molecule has 1 aromatic carbocycles. The fourth-order valence-corrected chi connectivity index (χ4v) is 2.21. The van der Waals surface area contributed by atoms with Crippen LogP contribution in [0.4, 0.5) is 13.2 Å². The van der Waals surface area contributed by atoms with Crippen molar-refractivity contribution in [3.63, 3.8) is 0 Å². The molecule has 0 amide bonds. The Kier molecular flexibility index (Phi) is 4.84. The van der Waals surface area contributed by atoms with Crippen molar-refractivity contribution in [2.24, 2.45) is 0 Å². The Labute approximate surface area is 120 Å². The minimum atomic E-state index is -4.34. The molecule has 0 aromatic heterocycles. The number of esters is 1. The molecular formula is C14H16F3NO3. The highest BCUT2D eigenvalue weighted by Crippen LogP contribution is 2.29. The summed E-state index contributed by atoms with van der Waals surface area (Å²) in [5, 5.41) is 0. The summed E-state index contributed by atoms with van der Waals surface area (Å²) in [6, 6.07) is 4.41. The lowest BCUT2D eigenvalue weighted by molar-refractivity contribution is -0.153. The van der Waals surface area contributed by atoms with Crippen molar-refractivity contribution < 1.29 is 27.4 Å². The summed E-state index contributed by atoms with van der Waals surface area (Å²) in [5.41, 5.74) is 0.0246. The van der Waals surface area contributed by atoms with Gasteiger partial charge in [0.25, 0.3) is 0 Å². The third kappa shape index (κ3) is 3.95. The Hall–Kier alpha value is -1.60. The van der Waals surface area contributed by atoms with Crippen LogP contribution in [0.15, 0.2) is 24.3 Å². The van der Waals surface area contributed by atoms with Gasteiger partial charge in [0, 0.05) is 13.1 Å². The second-order valence-electron chi connectivity index (χ2n) is 4.78. The summed E-state index contributed by atoms with van der Waals surface area (Å²) in [6.45, 7) is 1.61. The van der Waals surface area contributed by atoms with E-state index in [9.17, 15) is 18.0 Å². The number of morpholine rings is 1. The van der Waals surface area contributed by atoms with E-state index in [1.807, 2.05) is 4.90 Å². The van der Waals surface area contributed by atoms with Gasteiger partial charge in [0.1, 0.15) is 6.04 Å². The standard InChI is InChI=1S/C14H16F3NO3/c1-20-13(19)12-9-21-7-6-18(12)8-10-2-4-11(5-3-10)14(15,16)17/h2-5,12H,6-9H2,1H3. The van der Waals surface area contributed by atoms with Gasteiger partial charge in [-0.05, 0) is 17.7 Å². The number of halogens is 3. The van der Waals surface area contributed by atoms with Crippen LogP contribution in [0.3, 0.4) is 0 Å². The average Bonchev–Trinajstić information content (AvgIpc) is 2.46. The molecule has 1 aliphatic rings. The molecular weight excluding hydrogens is 287 g/mol. The molecule has 0 spiro atoms. The lowest BCUT2D eigenvalue weighted by Gasteiger charge is -2.33. The maximum absolute atomic E-state index is 12.5. The van der Waals surface area contributed by atoms with Gasteiger partial charge in [-0.2, -0.15) is 13.2 Å². The molecule has 4 nitrogen and oxygen atoms in total. The normalized spacial score (nSPS) is 20.3. The van der Waals surface area contributed by atoms with E-state index >= 15 is 0 Å². The number of alkyl halides is 3. The molecule has 2 rings (SSSR count). The molecule has 1 unspecified atom stereocenters. The van der Waals surface area contributed by atoms with Crippen LogP contribution in [0.1, 0.15) is 11.1 Å². The number of ether oxygens (including phenoxy) is 2. The van der Waals surface area contributed by atoms with Gasteiger partial charge in [-0.25, -0.2) is 0 Å². The summed E-state index contributed by atoms with van der Waals surface area (Å²) >= 11 is 0. The Morgan fingerprint density at radius 1 is 1.38 bits per heavy atom. The molecule has 1 atom stereocenters. The Morgan fingerprint density at radius 2 is 2.05 bits per heavy atom. The summed E-state index contributed by atoms with van der Waals surface area (Å²) in [6.07, 6.45) is -4.34. The number of hydrogen-bond donors (Lipinski definition) is 0. The highest BCUT2D eigenvalue weighted by atomic mass is 19.4. The Morgan fingerprint density at radius 3 is 2.62 bits per heavy atom. The fourth-order valence-electron chi connectivity index (χ4n) is 2.21. The second kappa shape index (κ2) is 6.44. The smallest absolute Gasteiger partial charge is 0.416 e. The molecule has 0 N–H and O–H groups in total. The van der Waals surface area contributed by atoms with Crippen LogP contribution in [0, 0.1) is 0 Å². The van der Waals surface area contributed by atoms with Gasteiger partial charge >= 0.3 is 12.1 Å². The third-order valence-electron chi connectivity index (χ3n) is 3.38. The number of carbonyl (C=O) groups is 1. The predicted octanol–water partition coefficient (Wildman–Crippen LogP) is 2.08. The van der Waals surface area contributed by atoms with Crippen LogP contribution in [0.2, 0.25) is 0 Å². The Balaban J connectivity index is 2.07. The van der Waals surface area contributed by atoms with Crippen LogP contribution in [0.25, 0.3) is 0 Å². The summed E-state index contributed by atoms with van der Waals surface area (Å²) in [5.74, 6) is -0.401. The van der Waals surface area contributed by atoms with E-state index in [4.69, 9.17) is 9.47 Å². The number of nitrogens with zero attached hydrogens (tertiary/aromatic N) is 1. The van der Waals surface area contributed by atoms with E-state index in [1.54, 1.807) is 0 Å². The van der Waals surface area contributed by atoms with Crippen molar-refractivity contribution in [2.75, 3.05) is 26.9 Å². The number of rotatable bonds is 3. The van der Waals surface area contributed by atoms with Gasteiger partial charge in [0.05, 0.1) is 25.9 Å². The van der Waals surface area contributed by atoms with Gasteiger partial charge in [-0.3, -0.25) is 9.69 Å². The third-order valence-corrected chi connectivity index (χ3v) is 3.38. The number of benzene rings is 1. The average molecular weight is 303 g/mol. The topological polar surface area (TPSA) is 38.8 Å². The minimum absolute atomic E-state index is 0.229. The molecule has 1 aliphatic heterocycles. The SMILES string of the molecule is COC(=O)C1COCCN1Cc1ccc(C(F)(F)F)cc1. The van der Waals surface area contributed by atoms with Crippen molar-refractivity contribution in [2.45, 2.75) is 18.8 Å². The Bertz CT molecular complexity index is 487. The van der Waals surface area contributed by atoms with Gasteiger partial charge in [0.15, 0.2) is 0 Å². The van der Waals surface area contributed by atoms with Gasteiger partial charge < -0.3 is 9.47 Å². The highest BCUT2D eigenvalue weighted by molar-refractivity contribution is 5.75. The maximum Gasteiger partial charge on any atom is 0.416 e. The molecule has 0 saturated carbocycles. The van der Waals surface area contributed by atoms with Crippen LogP contribution < -0.4 is 0 Å². The van der Waals surface area contributed by atoms with Crippen LogP contribution in [-0.2, 0) is 27.0 Å². The molecule has 1 heterocycles. The molecule has 116 valence electrons. The highest BCUT2D eigenvalue weighted by Gasteiger charge is 2.31. The van der Waals surface area contributed by atoms with Crippen molar-refractivity contribution >= 4 is 5.97 Å². The first-order valence-corrected chi connectivity index (χ1v) is 6.47. The molecule has 1 aromatic rings. The van der Waals surface area contributed by atoms with Crippen LogP contribution >= 0.6 is 0 Å². The molecule has 0 radical (unpaired) electrons. The largest absolute Gasteiger partial charge is 0.468 e. The van der Waals surface area contributed by atoms with E-state index in [2.05, 4.69) is 0 Å². The number of methoxy groups -OCH3 is 1. The van der Waals surface area contributed by atoms with Crippen LogP contribution in [-0.4, -0.2) is 43.8 Å². The van der Waals surface area contributed by atoms with E-state index < -0.39 is 23.8 Å². The molecule has 1 fully saturated rings. The second-order valence-corrected chi connectivity index (χ2v) is 4.78. The van der Waals surface area contributed by atoms with Gasteiger partial charge in [0.2, 0.25) is 0 Å². The quantitative estimate of drug-likeness (QED) is 0.802. The molecule has 0 aliphatic carbocycles. The van der Waals surface area contributed by atoms with Crippen molar-refractivity contribution in [3.05, 3.63) is 35.4 Å². The van der Waals surface area contributed by atoms with Gasteiger partial charge in [-0.15, -0.1) is 0 Å². The monoisotopic (exact) mass is 303 g/mol. The van der Waals surface area contributed by atoms with Crippen molar-refractivity contribution in [1.29, 1.82) is 0 Å². The lowest BCUT2D eigenvalue weighted by Crippen LogP contribution is -2.49. The van der Waals surface area contributed by atoms with E-state index in [0.29, 0.717) is 25.3 Å². The summed E-state index contributed by atoms with van der Waals surface area (Å²) < 4.78 is 47.5. The molecule has 1 saturated heterocycles. The molecule has 0 bridgehead atoms. The van der Waals surface area contributed by atoms with E-state index in [0.717, 1.165) is 12.1 Å². The first-order valence-electron chi connectivity index (χ1n) is 6.47. The number of hydrogen-bond acceptors (Lipinski definition) is 4. The summed E-state index contributed by atoms with van der Waals surface area (Å²) in [7, 11) is 1.30. The van der Waals surface area contributed by atoms with Crippen molar-refractivity contribution in [3.8, 4) is 0 Å². The van der Waals surface area contributed by atoms with E-state index in [1.165, 1.54) is 19.2 Å². The van der Waals surface area contributed by atoms with Gasteiger partial charge in [-0.1, -0.05) is 12.1 Å². The van der Waals surface area contributed by atoms with Crippen LogP contribution in [0.5, 0.6) is 0 Å². The molecule has 7 heteroatoms.